The number of carbonyl (C=O) groups is 1. The Morgan fingerprint density at radius 1 is 1.50 bits per heavy atom. The number of aromatic hydroxyl groups is 1. The molecule has 0 aliphatic carbocycles. The molecule has 8 heteroatoms. The monoisotopic (exact) mass is 402 g/mol. The average molecular weight is 403 g/mol. The van der Waals surface area contributed by atoms with Crippen molar-refractivity contribution < 1.29 is 14.6 Å². The Hall–Kier alpha value is -2.74. The van der Waals surface area contributed by atoms with Gasteiger partial charge in [0, 0.05) is 32.4 Å². The van der Waals surface area contributed by atoms with Crippen LogP contribution >= 0.6 is 11.3 Å². The number of phenolic OH excluding ortho intramolecular Hbond substituents is 1. The fourth-order valence-corrected chi connectivity index (χ4v) is 4.47. The number of amides is 1. The Morgan fingerprint density at radius 2 is 2.25 bits per heavy atom. The van der Waals surface area contributed by atoms with E-state index in [2.05, 4.69) is 16.9 Å². The van der Waals surface area contributed by atoms with Crippen LogP contribution < -0.4 is 20.1 Å². The summed E-state index contributed by atoms with van der Waals surface area (Å²) < 4.78 is 5.68. The molecule has 7 nitrogen and oxygen atoms in total. The smallest absolute Gasteiger partial charge is 0.409 e. The number of aryl methyl sites for hydroxylation is 2. The molecule has 1 unspecified atom stereocenters. The predicted octanol–water partition coefficient (Wildman–Crippen LogP) is 2.00. The van der Waals surface area contributed by atoms with E-state index in [0.717, 1.165) is 32.9 Å². The number of hydrogen-bond donors (Lipinski definition) is 2. The van der Waals surface area contributed by atoms with Crippen molar-refractivity contribution in [1.29, 1.82) is 0 Å². The Kier molecular flexibility index (Phi) is 5.79. The van der Waals surface area contributed by atoms with Gasteiger partial charge in [0.05, 0.1) is 22.7 Å². The van der Waals surface area contributed by atoms with Gasteiger partial charge in [0.15, 0.2) is 5.13 Å². The molecule has 1 atom stereocenters. The van der Waals surface area contributed by atoms with E-state index in [1.807, 2.05) is 38.1 Å². The molecule has 0 saturated carbocycles. The number of phenols is 1. The van der Waals surface area contributed by atoms with Crippen LogP contribution in [0.25, 0.3) is 12.8 Å². The molecule has 1 aliphatic heterocycles. The van der Waals surface area contributed by atoms with E-state index in [4.69, 9.17) is 4.74 Å². The van der Waals surface area contributed by atoms with E-state index in [0.29, 0.717) is 18.4 Å². The number of methoxy groups -OCH3 is 1. The lowest BCUT2D eigenvalue weighted by Crippen LogP contribution is -2.31. The van der Waals surface area contributed by atoms with Crippen LogP contribution in [-0.2, 0) is 4.74 Å². The lowest BCUT2D eigenvalue weighted by molar-refractivity contribution is 0.133. The number of hydrogen-bond acceptors (Lipinski definition) is 7. The van der Waals surface area contributed by atoms with Crippen LogP contribution in [0.3, 0.4) is 0 Å². The van der Waals surface area contributed by atoms with Crippen LogP contribution in [0.5, 0.6) is 5.75 Å². The summed E-state index contributed by atoms with van der Waals surface area (Å²) in [6.07, 6.45) is 2.47. The van der Waals surface area contributed by atoms with Crippen LogP contribution in [0, 0.1) is 13.8 Å². The number of nitrogens with zero attached hydrogens (tertiary/aromatic N) is 3. The molecule has 1 aliphatic rings. The van der Waals surface area contributed by atoms with Crippen molar-refractivity contribution in [2.24, 2.45) is 0 Å². The van der Waals surface area contributed by atoms with Crippen molar-refractivity contribution in [3.8, 4) is 5.75 Å². The Balaban J connectivity index is 1.77. The number of thiazole rings is 1. The van der Waals surface area contributed by atoms with E-state index < -0.39 is 0 Å². The van der Waals surface area contributed by atoms with Crippen LogP contribution in [0.1, 0.15) is 17.5 Å². The molecule has 1 fully saturated rings. The highest BCUT2D eigenvalue weighted by Crippen LogP contribution is 2.31. The fraction of sp³-hybridized carbons (Fsp3) is 0.400. The zero-order valence-electron chi connectivity index (χ0n) is 16.7. The average Bonchev–Trinajstić information content (AvgIpc) is 3.20. The maximum atomic E-state index is 11.6. The quantitative estimate of drug-likeness (QED) is 0.815. The molecule has 1 aromatic carbocycles. The largest absolute Gasteiger partial charge is 0.506 e. The van der Waals surface area contributed by atoms with Crippen molar-refractivity contribution in [1.82, 2.24) is 9.88 Å². The van der Waals surface area contributed by atoms with Crippen molar-refractivity contribution in [2.45, 2.75) is 26.3 Å². The molecule has 2 heterocycles. The first kappa shape index (κ1) is 20.0. The van der Waals surface area contributed by atoms with Gasteiger partial charge in [-0.3, -0.25) is 0 Å². The molecule has 0 spiro atoms. The number of anilines is 2. The molecule has 1 saturated heterocycles. The third kappa shape index (κ3) is 4.22. The molecular formula is C20H26N4O3S. The molecule has 3 rings (SSSR count). The first-order valence-corrected chi connectivity index (χ1v) is 9.90. The first-order chi connectivity index (χ1) is 13.3. The summed E-state index contributed by atoms with van der Waals surface area (Å²) in [4.78, 5) is 19.7. The second-order valence-electron chi connectivity index (χ2n) is 7.07. The maximum absolute atomic E-state index is 11.6. The Bertz CT molecular complexity index is 965. The highest BCUT2D eigenvalue weighted by Gasteiger charge is 2.27. The lowest BCUT2D eigenvalue weighted by Gasteiger charge is -2.18. The van der Waals surface area contributed by atoms with Crippen molar-refractivity contribution in [3.63, 3.8) is 0 Å². The normalized spacial score (nSPS) is 17.1. The van der Waals surface area contributed by atoms with Gasteiger partial charge >= 0.3 is 6.09 Å². The molecule has 2 N–H and O–H groups in total. The summed E-state index contributed by atoms with van der Waals surface area (Å²) in [5, 5.41) is 15.2. The molecule has 150 valence electrons. The van der Waals surface area contributed by atoms with Gasteiger partial charge < -0.3 is 25.0 Å². The van der Waals surface area contributed by atoms with Crippen LogP contribution in [0.2, 0.25) is 0 Å². The lowest BCUT2D eigenvalue weighted by atomic mass is 10.1. The molecule has 0 bridgehead atoms. The second kappa shape index (κ2) is 8.10. The van der Waals surface area contributed by atoms with Gasteiger partial charge in [0.2, 0.25) is 0 Å². The molecule has 2 aromatic rings. The summed E-state index contributed by atoms with van der Waals surface area (Å²) in [6, 6.07) is 3.93. The summed E-state index contributed by atoms with van der Waals surface area (Å²) in [6.45, 7) is 9.23. The fourth-order valence-electron chi connectivity index (χ4n) is 3.51. The highest BCUT2D eigenvalue weighted by molar-refractivity contribution is 7.13. The van der Waals surface area contributed by atoms with Gasteiger partial charge in [-0.1, -0.05) is 24.0 Å². The minimum absolute atomic E-state index is 0.138. The zero-order chi connectivity index (χ0) is 20.4. The first-order valence-electron chi connectivity index (χ1n) is 9.08. The molecule has 28 heavy (non-hydrogen) atoms. The van der Waals surface area contributed by atoms with Gasteiger partial charge in [-0.2, -0.15) is 0 Å². The number of ether oxygens (including phenoxy) is 1. The van der Waals surface area contributed by atoms with Crippen LogP contribution in [-0.4, -0.2) is 54.4 Å². The molecule has 1 aromatic heterocycles. The van der Waals surface area contributed by atoms with Crippen LogP contribution in [0.4, 0.5) is 15.6 Å². The van der Waals surface area contributed by atoms with Gasteiger partial charge in [-0.15, -0.1) is 0 Å². The van der Waals surface area contributed by atoms with Gasteiger partial charge in [0.25, 0.3) is 0 Å². The minimum Gasteiger partial charge on any atom is -0.506 e. The number of rotatable bonds is 4. The van der Waals surface area contributed by atoms with E-state index >= 15 is 0 Å². The maximum Gasteiger partial charge on any atom is 0.409 e. The van der Waals surface area contributed by atoms with Gasteiger partial charge in [0.1, 0.15) is 5.75 Å². The van der Waals surface area contributed by atoms with Gasteiger partial charge in [-0.05, 0) is 37.5 Å². The van der Waals surface area contributed by atoms with Gasteiger partial charge in [-0.25, -0.2) is 9.78 Å². The zero-order valence-corrected chi connectivity index (χ0v) is 17.5. The Morgan fingerprint density at radius 3 is 2.93 bits per heavy atom. The minimum atomic E-state index is -0.301. The van der Waals surface area contributed by atoms with Crippen molar-refractivity contribution in [3.05, 3.63) is 33.1 Å². The summed E-state index contributed by atoms with van der Waals surface area (Å²) in [7, 11) is 3.29. The van der Waals surface area contributed by atoms with E-state index in [-0.39, 0.29) is 17.9 Å². The number of carbonyl (C=O) groups excluding carboxylic acids is 1. The third-order valence-electron chi connectivity index (χ3n) is 4.76. The number of nitrogens with one attached hydrogen (secondary N) is 1. The standard InChI is InChI=1S/C20H26N4O3S/c1-12-8-13(2)18(16(25)9-12)23(4)11-17-14(3)21-19(28-17)22-15-6-7-24(10-15)20(26)27-5/h8-9,11,15,25H,3,6-7,10H2,1-2,4-5H3,(H,21,22)/b17-11+. The topological polar surface area (TPSA) is 77.9 Å². The summed E-state index contributed by atoms with van der Waals surface area (Å²) in [5.74, 6) is 0.249. The number of benzene rings is 1. The third-order valence-corrected chi connectivity index (χ3v) is 5.73. The molecule has 0 radical (unpaired) electrons. The van der Waals surface area contributed by atoms with E-state index in [1.165, 1.54) is 18.4 Å². The summed E-state index contributed by atoms with van der Waals surface area (Å²) in [5.41, 5.74) is 2.78. The van der Waals surface area contributed by atoms with Crippen LogP contribution in [0.15, 0.2) is 12.1 Å². The highest BCUT2D eigenvalue weighted by atomic mass is 32.1. The SMILES string of the molecule is C=c1nc(NC2CCN(C(=O)OC)C2)s/c1=C/N(C)c1c(C)cc(C)cc1O. The predicted molar refractivity (Wildman–Crippen MR) is 113 cm³/mol. The molecular weight excluding hydrogens is 376 g/mol. The van der Waals surface area contributed by atoms with E-state index in [9.17, 15) is 9.90 Å². The number of aromatic nitrogens is 1. The van der Waals surface area contributed by atoms with E-state index in [1.54, 1.807) is 11.0 Å². The second-order valence-corrected chi connectivity index (χ2v) is 8.10. The molecule has 1 amide bonds. The van der Waals surface area contributed by atoms with Crippen molar-refractivity contribution in [2.75, 3.05) is 37.5 Å². The van der Waals surface area contributed by atoms with Crippen molar-refractivity contribution >= 4 is 41.0 Å². The number of likely N-dealkylation sites (tertiary alicyclic amines) is 1. The summed E-state index contributed by atoms with van der Waals surface area (Å²) >= 11 is 1.50. The Labute approximate surface area is 168 Å².